The summed E-state index contributed by atoms with van der Waals surface area (Å²) in [6.45, 7) is -1.49. The molecule has 0 aliphatic carbocycles. The van der Waals surface area contributed by atoms with Gasteiger partial charge in [0.2, 0.25) is 11.8 Å². The van der Waals surface area contributed by atoms with Crippen LogP contribution in [0.25, 0.3) is 11.1 Å². The molecule has 0 bridgehead atoms. The monoisotopic (exact) mass is 330 g/mol. The number of pyridine rings is 1. The summed E-state index contributed by atoms with van der Waals surface area (Å²) in [7, 11) is 0. The lowest BCUT2D eigenvalue weighted by atomic mass is 10.1. The minimum absolute atomic E-state index is 0.0595. The fourth-order valence-corrected chi connectivity index (χ4v) is 1.81. The van der Waals surface area contributed by atoms with Gasteiger partial charge in [0.15, 0.2) is 6.61 Å². The Bertz CT molecular complexity index is 687. The van der Waals surface area contributed by atoms with E-state index in [0.29, 0.717) is 10.6 Å². The van der Waals surface area contributed by atoms with E-state index >= 15 is 0 Å². The third-order valence-electron chi connectivity index (χ3n) is 2.66. The maximum absolute atomic E-state index is 12.3. The lowest BCUT2D eigenvalue weighted by Gasteiger charge is -2.13. The first-order valence-corrected chi connectivity index (χ1v) is 6.39. The van der Waals surface area contributed by atoms with Gasteiger partial charge in [0.05, 0.1) is 5.56 Å². The van der Waals surface area contributed by atoms with Gasteiger partial charge in [-0.2, -0.15) is 13.2 Å². The van der Waals surface area contributed by atoms with E-state index in [0.717, 1.165) is 6.20 Å². The predicted molar refractivity (Wildman–Crippen MR) is 74.8 cm³/mol. The van der Waals surface area contributed by atoms with E-state index in [1.807, 2.05) is 0 Å². The molecule has 0 unspecified atom stereocenters. The Kier molecular flexibility index (Phi) is 4.56. The molecule has 1 heterocycles. The first-order chi connectivity index (χ1) is 10.3. The molecule has 0 aliphatic rings. The molecule has 2 rings (SSSR count). The average molecular weight is 331 g/mol. The zero-order valence-electron chi connectivity index (χ0n) is 11.0. The van der Waals surface area contributed by atoms with Crippen molar-refractivity contribution in [3.8, 4) is 17.0 Å². The van der Waals surface area contributed by atoms with Crippen molar-refractivity contribution < 1.29 is 22.7 Å². The van der Waals surface area contributed by atoms with Crippen LogP contribution >= 0.6 is 11.6 Å². The number of benzene rings is 1. The summed E-state index contributed by atoms with van der Waals surface area (Å²) in [6, 6.07) is 7.59. The van der Waals surface area contributed by atoms with Gasteiger partial charge in [0.25, 0.3) is 0 Å². The summed E-state index contributed by atoms with van der Waals surface area (Å²) in [4.78, 5) is 15.0. The lowest BCUT2D eigenvalue weighted by molar-refractivity contribution is -0.154. The van der Waals surface area contributed by atoms with Gasteiger partial charge < -0.3 is 10.5 Å². The fraction of sp³-hybridized carbons (Fsp3) is 0.143. The number of nitrogens with zero attached hydrogens (tertiary/aromatic N) is 1. The van der Waals surface area contributed by atoms with Crippen molar-refractivity contribution in [2.24, 2.45) is 5.73 Å². The molecular formula is C14H10ClF3N2O2. The molecule has 2 aromatic rings. The van der Waals surface area contributed by atoms with Crippen LogP contribution in [0.15, 0.2) is 36.5 Å². The van der Waals surface area contributed by atoms with Gasteiger partial charge in [-0.25, -0.2) is 4.98 Å². The third kappa shape index (κ3) is 4.11. The van der Waals surface area contributed by atoms with E-state index in [9.17, 15) is 18.0 Å². The molecular weight excluding hydrogens is 321 g/mol. The van der Waals surface area contributed by atoms with Crippen LogP contribution in [0.4, 0.5) is 13.2 Å². The van der Waals surface area contributed by atoms with Crippen molar-refractivity contribution in [1.82, 2.24) is 4.98 Å². The van der Waals surface area contributed by atoms with Crippen molar-refractivity contribution >= 4 is 17.5 Å². The van der Waals surface area contributed by atoms with E-state index in [1.165, 1.54) is 6.07 Å². The van der Waals surface area contributed by atoms with Crippen LogP contribution in [0.5, 0.6) is 5.88 Å². The summed E-state index contributed by atoms with van der Waals surface area (Å²) in [5.74, 6) is -0.991. The molecule has 0 atom stereocenters. The zero-order chi connectivity index (χ0) is 16.3. The molecule has 4 nitrogen and oxygen atoms in total. The smallest absolute Gasteiger partial charge is 0.422 e. The van der Waals surface area contributed by atoms with Gasteiger partial charge >= 0.3 is 6.18 Å². The van der Waals surface area contributed by atoms with Crippen LogP contribution < -0.4 is 10.5 Å². The van der Waals surface area contributed by atoms with E-state index < -0.39 is 18.7 Å². The molecule has 1 amide bonds. The number of halogens is 4. The minimum atomic E-state index is -4.50. The van der Waals surface area contributed by atoms with Crippen molar-refractivity contribution in [1.29, 1.82) is 0 Å². The Hall–Kier alpha value is -2.28. The van der Waals surface area contributed by atoms with Crippen LogP contribution in [-0.2, 0) is 0 Å². The predicted octanol–water partition coefficient (Wildman–Crippen LogP) is 3.44. The standard InChI is InChI=1S/C14H10ClF3N2O2/c15-10-3-1-8(2-4-10)11-5-9(12(19)21)6-20-13(11)22-7-14(16,17)18/h1-6H,7H2,(H2,19,21). The molecule has 0 saturated heterocycles. The summed E-state index contributed by atoms with van der Waals surface area (Å²) in [5, 5.41) is 0.459. The first-order valence-electron chi connectivity index (χ1n) is 6.01. The van der Waals surface area contributed by atoms with Crippen LogP contribution in [0, 0.1) is 0 Å². The SMILES string of the molecule is NC(=O)c1cnc(OCC(F)(F)F)c(-c2ccc(Cl)cc2)c1. The molecule has 0 aliphatic heterocycles. The number of carbonyl (C=O) groups is 1. The summed E-state index contributed by atoms with van der Waals surface area (Å²) in [6.07, 6.45) is -3.44. The maximum Gasteiger partial charge on any atom is 0.422 e. The Morgan fingerprint density at radius 3 is 2.45 bits per heavy atom. The van der Waals surface area contributed by atoms with Crippen molar-refractivity contribution in [3.63, 3.8) is 0 Å². The highest BCUT2D eigenvalue weighted by molar-refractivity contribution is 6.30. The van der Waals surface area contributed by atoms with Crippen molar-refractivity contribution in [2.45, 2.75) is 6.18 Å². The summed E-state index contributed by atoms with van der Waals surface area (Å²) >= 11 is 5.77. The van der Waals surface area contributed by atoms with E-state index in [-0.39, 0.29) is 17.0 Å². The quantitative estimate of drug-likeness (QED) is 0.934. The summed E-state index contributed by atoms with van der Waals surface area (Å²) < 4.78 is 41.6. The van der Waals surface area contributed by atoms with Gasteiger partial charge in [-0.05, 0) is 23.8 Å². The number of hydrogen-bond acceptors (Lipinski definition) is 3. The highest BCUT2D eigenvalue weighted by Crippen LogP contribution is 2.31. The second-order valence-corrected chi connectivity index (χ2v) is 4.79. The molecule has 8 heteroatoms. The first kappa shape index (κ1) is 16.1. The number of rotatable bonds is 4. The van der Waals surface area contributed by atoms with E-state index in [1.54, 1.807) is 24.3 Å². The number of ether oxygens (including phenoxy) is 1. The molecule has 116 valence electrons. The number of amides is 1. The van der Waals surface area contributed by atoms with Gasteiger partial charge in [0.1, 0.15) is 0 Å². The van der Waals surface area contributed by atoms with Crippen LogP contribution in [0.1, 0.15) is 10.4 Å². The minimum Gasteiger partial charge on any atom is -0.468 e. The number of hydrogen-bond donors (Lipinski definition) is 1. The molecule has 0 radical (unpaired) electrons. The number of aromatic nitrogens is 1. The molecule has 0 fully saturated rings. The largest absolute Gasteiger partial charge is 0.468 e. The van der Waals surface area contributed by atoms with Gasteiger partial charge in [0, 0.05) is 16.8 Å². The molecule has 0 saturated carbocycles. The number of primary amides is 1. The topological polar surface area (TPSA) is 65.2 Å². The Morgan fingerprint density at radius 2 is 1.91 bits per heavy atom. The molecule has 1 aromatic heterocycles. The van der Waals surface area contributed by atoms with Gasteiger partial charge in [-0.3, -0.25) is 4.79 Å². The Morgan fingerprint density at radius 1 is 1.27 bits per heavy atom. The Labute approximate surface area is 128 Å². The normalized spacial score (nSPS) is 11.3. The molecule has 0 spiro atoms. The second-order valence-electron chi connectivity index (χ2n) is 4.35. The van der Waals surface area contributed by atoms with Gasteiger partial charge in [-0.1, -0.05) is 23.7 Å². The zero-order valence-corrected chi connectivity index (χ0v) is 11.8. The van der Waals surface area contributed by atoms with E-state index in [2.05, 4.69) is 4.98 Å². The van der Waals surface area contributed by atoms with Crippen molar-refractivity contribution in [3.05, 3.63) is 47.1 Å². The fourth-order valence-electron chi connectivity index (χ4n) is 1.69. The number of nitrogens with two attached hydrogens (primary N) is 1. The number of alkyl halides is 3. The average Bonchev–Trinajstić information content (AvgIpc) is 2.45. The van der Waals surface area contributed by atoms with Crippen LogP contribution in [0.2, 0.25) is 5.02 Å². The highest BCUT2D eigenvalue weighted by atomic mass is 35.5. The van der Waals surface area contributed by atoms with Gasteiger partial charge in [-0.15, -0.1) is 0 Å². The highest BCUT2D eigenvalue weighted by Gasteiger charge is 2.29. The van der Waals surface area contributed by atoms with Crippen LogP contribution in [0.3, 0.4) is 0 Å². The third-order valence-corrected chi connectivity index (χ3v) is 2.92. The molecule has 2 N–H and O–H groups in total. The maximum atomic E-state index is 12.3. The molecule has 22 heavy (non-hydrogen) atoms. The van der Waals surface area contributed by atoms with Crippen LogP contribution in [-0.4, -0.2) is 23.7 Å². The molecule has 1 aromatic carbocycles. The van der Waals surface area contributed by atoms with E-state index in [4.69, 9.17) is 22.1 Å². The Balaban J connectivity index is 2.44. The lowest BCUT2D eigenvalue weighted by Crippen LogP contribution is -2.20. The number of carbonyl (C=O) groups excluding carboxylic acids is 1. The van der Waals surface area contributed by atoms with Crippen molar-refractivity contribution in [2.75, 3.05) is 6.61 Å². The second kappa shape index (κ2) is 6.23. The summed E-state index contributed by atoms with van der Waals surface area (Å²) in [5.41, 5.74) is 5.93.